The van der Waals surface area contributed by atoms with E-state index in [1.54, 1.807) is 19.1 Å². The summed E-state index contributed by atoms with van der Waals surface area (Å²) >= 11 is 0. The summed E-state index contributed by atoms with van der Waals surface area (Å²) in [7, 11) is 0. The fourth-order valence-electron chi connectivity index (χ4n) is 4.22. The molecule has 1 saturated carbocycles. The standard InChI is InChI=1S/C27H22F3N5O2/c1-14-9-16(11-22(32-14)25(29)30)23-24(15-5-7-18(28)8-6-15)34-27(31)35-26(23)37-13-19-3-2-4-21(33-19)20-10-17(20)12-36/h2-9,11-12,17,20,25H,10,13H2,1H3,(H2,31,34,35). The van der Waals surface area contributed by atoms with E-state index in [1.807, 2.05) is 12.1 Å². The van der Waals surface area contributed by atoms with Crippen molar-refractivity contribution in [2.24, 2.45) is 5.92 Å². The minimum atomic E-state index is -2.79. The predicted molar refractivity (Wildman–Crippen MR) is 130 cm³/mol. The molecule has 0 aliphatic heterocycles. The van der Waals surface area contributed by atoms with Crippen LogP contribution < -0.4 is 10.5 Å². The highest BCUT2D eigenvalue weighted by Crippen LogP contribution is 2.45. The lowest BCUT2D eigenvalue weighted by molar-refractivity contribution is -0.108. The third-order valence-electron chi connectivity index (χ3n) is 6.08. The van der Waals surface area contributed by atoms with Gasteiger partial charge in [0.15, 0.2) is 0 Å². The van der Waals surface area contributed by atoms with Crippen molar-refractivity contribution in [1.29, 1.82) is 0 Å². The summed E-state index contributed by atoms with van der Waals surface area (Å²) in [5, 5.41) is 0. The zero-order valence-electron chi connectivity index (χ0n) is 19.7. The van der Waals surface area contributed by atoms with Gasteiger partial charge >= 0.3 is 0 Å². The van der Waals surface area contributed by atoms with Gasteiger partial charge in [0.25, 0.3) is 6.43 Å². The first-order chi connectivity index (χ1) is 17.8. The molecule has 3 heterocycles. The molecule has 2 N–H and O–H groups in total. The first kappa shape index (κ1) is 24.4. The highest BCUT2D eigenvalue weighted by Gasteiger charge is 2.39. The molecule has 7 nitrogen and oxygen atoms in total. The van der Waals surface area contributed by atoms with Crippen LogP contribution in [0.1, 0.15) is 41.5 Å². The molecular weight excluding hydrogens is 483 g/mol. The van der Waals surface area contributed by atoms with Crippen LogP contribution in [0.5, 0.6) is 5.88 Å². The molecular formula is C27H22F3N5O2. The van der Waals surface area contributed by atoms with Crippen molar-refractivity contribution < 1.29 is 22.7 Å². The molecule has 0 amide bonds. The largest absolute Gasteiger partial charge is 0.471 e. The summed E-state index contributed by atoms with van der Waals surface area (Å²) in [4.78, 5) is 28.2. The number of nitrogen functional groups attached to an aromatic ring is 1. The topological polar surface area (TPSA) is 104 Å². The lowest BCUT2D eigenvalue weighted by Crippen LogP contribution is -2.07. The van der Waals surface area contributed by atoms with Gasteiger partial charge in [-0.05, 0) is 67.4 Å². The Bertz CT molecular complexity index is 1460. The van der Waals surface area contributed by atoms with Crippen LogP contribution in [-0.2, 0) is 11.4 Å². The maximum absolute atomic E-state index is 13.6. The molecule has 1 aliphatic rings. The summed E-state index contributed by atoms with van der Waals surface area (Å²) < 4.78 is 46.9. The van der Waals surface area contributed by atoms with E-state index in [2.05, 4.69) is 19.9 Å². The second kappa shape index (κ2) is 9.96. The molecule has 1 fully saturated rings. The number of anilines is 1. The number of carbonyl (C=O) groups is 1. The Kier molecular flexibility index (Phi) is 6.56. The number of carbonyl (C=O) groups excluding carboxylic acids is 1. The van der Waals surface area contributed by atoms with Crippen LogP contribution in [0.3, 0.4) is 0 Å². The minimum absolute atomic E-state index is 0.00436. The lowest BCUT2D eigenvalue weighted by atomic mass is 9.99. The van der Waals surface area contributed by atoms with E-state index < -0.39 is 17.9 Å². The summed E-state index contributed by atoms with van der Waals surface area (Å²) in [6.45, 7) is 1.61. The second-order valence-corrected chi connectivity index (χ2v) is 8.82. The number of benzene rings is 1. The van der Waals surface area contributed by atoms with Crippen LogP contribution in [0.2, 0.25) is 0 Å². The number of rotatable bonds is 8. The monoisotopic (exact) mass is 505 g/mol. The number of halogens is 3. The molecule has 1 aliphatic carbocycles. The molecule has 4 aromatic rings. The van der Waals surface area contributed by atoms with Gasteiger partial charge in [-0.2, -0.15) is 4.98 Å². The normalized spacial score (nSPS) is 16.6. The van der Waals surface area contributed by atoms with E-state index >= 15 is 0 Å². The number of alkyl halides is 2. The van der Waals surface area contributed by atoms with Gasteiger partial charge in [0.1, 0.15) is 24.4 Å². The van der Waals surface area contributed by atoms with Crippen LogP contribution >= 0.6 is 0 Å². The van der Waals surface area contributed by atoms with Crippen molar-refractivity contribution >= 4 is 12.2 Å². The number of aromatic nitrogens is 4. The summed E-state index contributed by atoms with van der Waals surface area (Å²) in [6.07, 6.45) is -1.09. The predicted octanol–water partition coefficient (Wildman–Crippen LogP) is 5.45. The van der Waals surface area contributed by atoms with Gasteiger partial charge in [-0.15, -0.1) is 0 Å². The molecule has 10 heteroatoms. The first-order valence-electron chi connectivity index (χ1n) is 11.6. The molecule has 2 unspecified atom stereocenters. The molecule has 0 radical (unpaired) electrons. The fraction of sp³-hybridized carbons (Fsp3) is 0.222. The summed E-state index contributed by atoms with van der Waals surface area (Å²) in [5.41, 5.74) is 8.81. The Labute approximate surface area is 210 Å². The smallest absolute Gasteiger partial charge is 0.280 e. The van der Waals surface area contributed by atoms with Gasteiger partial charge in [0.05, 0.1) is 17.0 Å². The Morgan fingerprint density at radius 3 is 2.54 bits per heavy atom. The van der Waals surface area contributed by atoms with Crippen molar-refractivity contribution in [2.45, 2.75) is 32.3 Å². The molecule has 3 aromatic heterocycles. The van der Waals surface area contributed by atoms with Crippen LogP contribution in [-0.4, -0.2) is 26.2 Å². The van der Waals surface area contributed by atoms with Crippen molar-refractivity contribution in [1.82, 2.24) is 19.9 Å². The Morgan fingerprint density at radius 2 is 1.84 bits per heavy atom. The summed E-state index contributed by atoms with van der Waals surface area (Å²) in [6, 6.07) is 13.9. The van der Waals surface area contributed by atoms with Crippen molar-refractivity contribution in [3.63, 3.8) is 0 Å². The Morgan fingerprint density at radius 1 is 1.05 bits per heavy atom. The molecule has 188 valence electrons. The van der Waals surface area contributed by atoms with E-state index in [4.69, 9.17) is 10.5 Å². The van der Waals surface area contributed by atoms with Gasteiger partial charge in [0.2, 0.25) is 11.8 Å². The average molecular weight is 506 g/mol. The fourth-order valence-corrected chi connectivity index (χ4v) is 4.22. The highest BCUT2D eigenvalue weighted by molar-refractivity contribution is 5.85. The van der Waals surface area contributed by atoms with Crippen LogP contribution in [0.15, 0.2) is 54.6 Å². The van der Waals surface area contributed by atoms with Crippen molar-refractivity contribution in [3.8, 4) is 28.3 Å². The third-order valence-corrected chi connectivity index (χ3v) is 6.08. The summed E-state index contributed by atoms with van der Waals surface area (Å²) in [5.74, 6) is -0.412. The van der Waals surface area contributed by atoms with Gasteiger partial charge < -0.3 is 15.3 Å². The van der Waals surface area contributed by atoms with Crippen LogP contribution in [0.25, 0.3) is 22.4 Å². The second-order valence-electron chi connectivity index (χ2n) is 8.82. The maximum Gasteiger partial charge on any atom is 0.280 e. The SMILES string of the molecule is Cc1cc(-c2c(OCc3cccc(C4CC4C=O)n3)nc(N)nc2-c2ccc(F)cc2)cc(C(F)F)n1. The molecule has 2 atom stereocenters. The molecule has 1 aromatic carbocycles. The molecule has 5 rings (SSSR count). The van der Waals surface area contributed by atoms with Gasteiger partial charge in [-0.1, -0.05) is 6.07 Å². The zero-order chi connectivity index (χ0) is 26.1. The minimum Gasteiger partial charge on any atom is -0.471 e. The van der Waals surface area contributed by atoms with Crippen molar-refractivity contribution in [2.75, 3.05) is 5.73 Å². The lowest BCUT2D eigenvalue weighted by Gasteiger charge is -2.16. The van der Waals surface area contributed by atoms with Crippen LogP contribution in [0, 0.1) is 18.7 Å². The number of nitrogens with two attached hydrogens (primary N) is 1. The number of pyridine rings is 2. The van der Waals surface area contributed by atoms with E-state index in [9.17, 15) is 18.0 Å². The van der Waals surface area contributed by atoms with E-state index in [1.165, 1.54) is 30.3 Å². The molecule has 0 spiro atoms. The quantitative estimate of drug-likeness (QED) is 0.318. The third kappa shape index (κ3) is 5.28. The van der Waals surface area contributed by atoms with E-state index in [0.29, 0.717) is 33.8 Å². The average Bonchev–Trinajstić information content (AvgIpc) is 3.67. The first-order valence-corrected chi connectivity index (χ1v) is 11.6. The van der Waals surface area contributed by atoms with Crippen LogP contribution in [0.4, 0.5) is 19.1 Å². The van der Waals surface area contributed by atoms with Crippen molar-refractivity contribution in [3.05, 3.63) is 83.2 Å². The maximum atomic E-state index is 13.6. The van der Waals surface area contributed by atoms with Gasteiger partial charge in [0, 0.05) is 28.8 Å². The number of hydrogen-bond acceptors (Lipinski definition) is 7. The molecule has 0 saturated heterocycles. The number of ether oxygens (including phenoxy) is 1. The number of nitrogens with zero attached hydrogens (tertiary/aromatic N) is 4. The highest BCUT2D eigenvalue weighted by atomic mass is 19.3. The molecule has 0 bridgehead atoms. The number of aryl methyl sites for hydroxylation is 1. The number of aldehydes is 1. The zero-order valence-corrected chi connectivity index (χ0v) is 19.7. The Balaban J connectivity index is 1.58. The van der Waals surface area contributed by atoms with Gasteiger partial charge in [-0.25, -0.2) is 18.2 Å². The molecule has 37 heavy (non-hydrogen) atoms. The van der Waals surface area contributed by atoms with E-state index in [0.717, 1.165) is 18.4 Å². The van der Waals surface area contributed by atoms with E-state index in [-0.39, 0.29) is 30.3 Å². The van der Waals surface area contributed by atoms with Gasteiger partial charge in [-0.3, -0.25) is 9.97 Å². The number of hydrogen-bond donors (Lipinski definition) is 1. The Hall–Kier alpha value is -4.34.